The van der Waals surface area contributed by atoms with Crippen LogP contribution in [-0.4, -0.2) is 18.0 Å². The van der Waals surface area contributed by atoms with E-state index in [9.17, 15) is 14.9 Å². The van der Waals surface area contributed by atoms with Crippen molar-refractivity contribution in [2.24, 2.45) is 0 Å². The van der Waals surface area contributed by atoms with E-state index in [-0.39, 0.29) is 12.1 Å². The molecule has 6 heteroatoms. The predicted molar refractivity (Wildman–Crippen MR) is 63.2 cm³/mol. The number of hydrogen-bond acceptors (Lipinski definition) is 5. The van der Waals surface area contributed by atoms with Gasteiger partial charge in [0.1, 0.15) is 0 Å². The first-order chi connectivity index (χ1) is 8.04. The maximum Gasteiger partial charge on any atom is 0.309 e. The zero-order chi connectivity index (χ0) is 12.8. The molecular weight excluding hydrogens is 224 g/mol. The molecule has 0 amide bonds. The lowest BCUT2D eigenvalue weighted by Crippen LogP contribution is -1.97. The molecule has 0 radical (unpaired) electrons. The molecule has 0 aliphatic rings. The third kappa shape index (κ3) is 3.60. The molecule has 17 heavy (non-hydrogen) atoms. The highest BCUT2D eigenvalue weighted by Crippen LogP contribution is 2.22. The fraction of sp³-hybridized carbons (Fsp3) is 0.182. The molecule has 0 spiro atoms. The monoisotopic (exact) mass is 236 g/mol. The number of rotatable bonds is 4. The van der Waals surface area contributed by atoms with Gasteiger partial charge in [0.25, 0.3) is 5.69 Å². The number of hydrogen-bond donors (Lipinski definition) is 1. The minimum atomic E-state index is -0.503. The van der Waals surface area contributed by atoms with Crippen LogP contribution in [0.15, 0.2) is 24.3 Å². The van der Waals surface area contributed by atoms with Crippen molar-refractivity contribution in [3.05, 3.63) is 40.0 Å². The number of nitrogens with zero attached hydrogens (tertiary/aromatic N) is 1. The minimum absolute atomic E-state index is 0.0553. The molecule has 1 aromatic carbocycles. The molecule has 0 saturated carbocycles. The van der Waals surface area contributed by atoms with Crippen LogP contribution in [0.4, 0.5) is 11.4 Å². The molecule has 2 N–H and O–H groups in total. The summed E-state index contributed by atoms with van der Waals surface area (Å²) in [4.78, 5) is 21.1. The number of nitrogens with two attached hydrogens (primary N) is 1. The lowest BCUT2D eigenvalue weighted by atomic mass is 10.1. The number of nitro groups is 1. The molecule has 0 bridgehead atoms. The summed E-state index contributed by atoms with van der Waals surface area (Å²) in [6, 6.07) is 4.26. The lowest BCUT2D eigenvalue weighted by molar-refractivity contribution is -0.385. The van der Waals surface area contributed by atoms with E-state index in [0.29, 0.717) is 11.3 Å². The Hall–Kier alpha value is -2.37. The Morgan fingerprint density at radius 3 is 2.88 bits per heavy atom. The third-order valence-electron chi connectivity index (χ3n) is 2.06. The number of carbonyl (C=O) groups excluding carboxylic acids is 1. The summed E-state index contributed by atoms with van der Waals surface area (Å²) in [5, 5.41) is 10.7. The number of benzene rings is 1. The molecule has 0 aliphatic heterocycles. The van der Waals surface area contributed by atoms with E-state index in [1.165, 1.54) is 37.5 Å². The van der Waals surface area contributed by atoms with Crippen LogP contribution in [0.25, 0.3) is 6.08 Å². The molecule has 1 rings (SSSR count). The standard InChI is InChI=1S/C11H12N2O4/c1-17-11(14)4-2-3-8-7-9(12)5-6-10(8)13(15)16/h2-3,5-7H,4,12H2,1H3. The third-order valence-corrected chi connectivity index (χ3v) is 2.06. The zero-order valence-electron chi connectivity index (χ0n) is 9.25. The van der Waals surface area contributed by atoms with Crippen molar-refractivity contribution >= 4 is 23.4 Å². The van der Waals surface area contributed by atoms with Gasteiger partial charge in [0.2, 0.25) is 0 Å². The van der Waals surface area contributed by atoms with Crippen molar-refractivity contribution in [3.63, 3.8) is 0 Å². The summed E-state index contributed by atoms with van der Waals surface area (Å²) in [5.74, 6) is -0.409. The van der Waals surface area contributed by atoms with Crippen molar-refractivity contribution < 1.29 is 14.5 Å². The van der Waals surface area contributed by atoms with Gasteiger partial charge in [-0.05, 0) is 12.1 Å². The van der Waals surface area contributed by atoms with Gasteiger partial charge in [0.05, 0.1) is 24.0 Å². The summed E-state index contributed by atoms with van der Waals surface area (Å²) in [6.07, 6.45) is 3.03. The Labute approximate surface area is 97.8 Å². The molecule has 0 unspecified atom stereocenters. The Balaban J connectivity index is 2.92. The van der Waals surface area contributed by atoms with Crippen molar-refractivity contribution in [3.8, 4) is 0 Å². The summed E-state index contributed by atoms with van der Waals surface area (Å²) < 4.78 is 4.44. The van der Waals surface area contributed by atoms with E-state index >= 15 is 0 Å². The van der Waals surface area contributed by atoms with E-state index in [4.69, 9.17) is 5.73 Å². The highest BCUT2D eigenvalue weighted by atomic mass is 16.6. The fourth-order valence-corrected chi connectivity index (χ4v) is 1.24. The summed E-state index contributed by atoms with van der Waals surface area (Å²) in [6.45, 7) is 0. The maximum absolute atomic E-state index is 10.9. The first-order valence-electron chi connectivity index (χ1n) is 4.82. The SMILES string of the molecule is COC(=O)CC=Cc1cc(N)ccc1[N+](=O)[O-]. The van der Waals surface area contributed by atoms with Gasteiger partial charge >= 0.3 is 5.97 Å². The number of nitro benzene ring substituents is 1. The minimum Gasteiger partial charge on any atom is -0.469 e. The average molecular weight is 236 g/mol. The van der Waals surface area contributed by atoms with E-state index < -0.39 is 10.9 Å². The molecule has 90 valence electrons. The van der Waals surface area contributed by atoms with Crippen LogP contribution in [0.3, 0.4) is 0 Å². The normalized spacial score (nSPS) is 10.4. The van der Waals surface area contributed by atoms with Gasteiger partial charge in [0, 0.05) is 11.8 Å². The highest BCUT2D eigenvalue weighted by molar-refractivity contribution is 5.74. The molecule has 0 atom stereocenters. The average Bonchev–Trinajstić information content (AvgIpc) is 2.28. The maximum atomic E-state index is 10.9. The number of carbonyl (C=O) groups is 1. The fourth-order valence-electron chi connectivity index (χ4n) is 1.24. The first kappa shape index (κ1) is 12.7. The number of anilines is 1. The Morgan fingerprint density at radius 2 is 2.29 bits per heavy atom. The van der Waals surface area contributed by atoms with Gasteiger partial charge in [0.15, 0.2) is 0 Å². The van der Waals surface area contributed by atoms with E-state index in [2.05, 4.69) is 4.74 Å². The van der Waals surface area contributed by atoms with E-state index in [1.54, 1.807) is 0 Å². The van der Waals surface area contributed by atoms with Crippen molar-refractivity contribution in [1.82, 2.24) is 0 Å². The van der Waals surface area contributed by atoms with Gasteiger partial charge in [-0.15, -0.1) is 0 Å². The van der Waals surface area contributed by atoms with Crippen LogP contribution in [0, 0.1) is 10.1 Å². The van der Waals surface area contributed by atoms with Crippen LogP contribution >= 0.6 is 0 Å². The number of esters is 1. The smallest absolute Gasteiger partial charge is 0.309 e. The number of methoxy groups -OCH3 is 1. The summed E-state index contributed by atoms with van der Waals surface area (Å²) in [7, 11) is 1.28. The van der Waals surface area contributed by atoms with Crippen LogP contribution in [-0.2, 0) is 9.53 Å². The van der Waals surface area contributed by atoms with Crippen molar-refractivity contribution in [2.75, 3.05) is 12.8 Å². The zero-order valence-corrected chi connectivity index (χ0v) is 9.25. The highest BCUT2D eigenvalue weighted by Gasteiger charge is 2.10. The number of nitrogen functional groups attached to an aromatic ring is 1. The lowest BCUT2D eigenvalue weighted by Gasteiger charge is -1.99. The molecule has 0 aliphatic carbocycles. The first-order valence-corrected chi connectivity index (χ1v) is 4.82. The van der Waals surface area contributed by atoms with Crippen molar-refractivity contribution in [1.29, 1.82) is 0 Å². The molecular formula is C11H12N2O4. The second-order valence-corrected chi connectivity index (χ2v) is 3.26. The van der Waals surface area contributed by atoms with E-state index in [0.717, 1.165) is 0 Å². The predicted octanol–water partition coefficient (Wildman–Crippen LogP) is 1.75. The molecule has 0 fully saturated rings. The molecule has 6 nitrogen and oxygen atoms in total. The van der Waals surface area contributed by atoms with Gasteiger partial charge in [-0.1, -0.05) is 12.2 Å². The van der Waals surface area contributed by atoms with Crippen LogP contribution in [0.5, 0.6) is 0 Å². The molecule has 1 aromatic rings. The van der Waals surface area contributed by atoms with Crippen LogP contribution in [0.2, 0.25) is 0 Å². The van der Waals surface area contributed by atoms with Crippen LogP contribution < -0.4 is 5.73 Å². The molecule has 0 aromatic heterocycles. The summed E-state index contributed by atoms with van der Waals surface area (Å²) in [5.41, 5.74) is 6.27. The Morgan fingerprint density at radius 1 is 1.59 bits per heavy atom. The van der Waals surface area contributed by atoms with Gasteiger partial charge < -0.3 is 10.5 Å². The van der Waals surface area contributed by atoms with E-state index in [1.807, 2.05) is 0 Å². The molecule has 0 heterocycles. The quantitative estimate of drug-likeness (QED) is 0.372. The second kappa shape index (κ2) is 5.64. The Bertz CT molecular complexity index is 469. The van der Waals surface area contributed by atoms with Crippen LogP contribution in [0.1, 0.15) is 12.0 Å². The Kier molecular flexibility index (Phi) is 4.21. The topological polar surface area (TPSA) is 95.5 Å². The largest absolute Gasteiger partial charge is 0.469 e. The van der Waals surface area contributed by atoms with Gasteiger partial charge in [-0.25, -0.2) is 0 Å². The van der Waals surface area contributed by atoms with Gasteiger partial charge in [-0.2, -0.15) is 0 Å². The number of ether oxygens (including phenoxy) is 1. The second-order valence-electron chi connectivity index (χ2n) is 3.26. The summed E-state index contributed by atoms with van der Waals surface area (Å²) >= 11 is 0. The van der Waals surface area contributed by atoms with Crippen molar-refractivity contribution in [2.45, 2.75) is 6.42 Å². The van der Waals surface area contributed by atoms with Gasteiger partial charge in [-0.3, -0.25) is 14.9 Å². The molecule has 0 saturated heterocycles.